The fraction of sp³-hybridized carbons (Fsp3) is 0.381. The summed E-state index contributed by atoms with van der Waals surface area (Å²) in [6, 6.07) is 13.9. The van der Waals surface area contributed by atoms with E-state index in [-0.39, 0.29) is 24.4 Å². The van der Waals surface area contributed by atoms with E-state index in [2.05, 4.69) is 10.2 Å². The second-order valence-corrected chi connectivity index (χ2v) is 6.77. The second-order valence-electron chi connectivity index (χ2n) is 6.77. The van der Waals surface area contributed by atoms with Crippen molar-refractivity contribution in [3.8, 4) is 0 Å². The van der Waals surface area contributed by atoms with E-state index in [1.165, 1.54) is 12.1 Å². The highest BCUT2D eigenvalue weighted by molar-refractivity contribution is 5.94. The van der Waals surface area contributed by atoms with Gasteiger partial charge in [-0.1, -0.05) is 30.7 Å². The van der Waals surface area contributed by atoms with E-state index in [9.17, 15) is 9.18 Å². The highest BCUT2D eigenvalue weighted by Gasteiger charge is 2.28. The zero-order valence-electron chi connectivity index (χ0n) is 14.8. The number of anilines is 1. The Hall–Kier alpha value is -2.24. The van der Waals surface area contributed by atoms with Crippen LogP contribution < -0.4 is 5.32 Å². The number of aliphatic hydroxyl groups is 1. The van der Waals surface area contributed by atoms with E-state index in [0.29, 0.717) is 13.0 Å². The van der Waals surface area contributed by atoms with Gasteiger partial charge in [0.15, 0.2) is 0 Å². The lowest BCUT2D eigenvalue weighted by Gasteiger charge is -2.34. The van der Waals surface area contributed by atoms with Gasteiger partial charge in [0.25, 0.3) is 0 Å². The molecule has 1 amide bonds. The van der Waals surface area contributed by atoms with E-state index in [0.717, 1.165) is 42.6 Å². The van der Waals surface area contributed by atoms with Crippen LogP contribution in [0.15, 0.2) is 48.5 Å². The van der Waals surface area contributed by atoms with Gasteiger partial charge < -0.3 is 10.4 Å². The van der Waals surface area contributed by atoms with Crippen molar-refractivity contribution in [3.63, 3.8) is 0 Å². The number of nitrogens with one attached hydrogen (secondary N) is 1. The van der Waals surface area contributed by atoms with Gasteiger partial charge in [0.1, 0.15) is 5.82 Å². The van der Waals surface area contributed by atoms with Crippen molar-refractivity contribution in [1.82, 2.24) is 4.90 Å². The molecule has 1 aliphatic heterocycles. The van der Waals surface area contributed by atoms with Gasteiger partial charge in [-0.3, -0.25) is 9.69 Å². The first kappa shape index (κ1) is 18.5. The molecule has 2 N–H and O–H groups in total. The van der Waals surface area contributed by atoms with E-state index in [4.69, 9.17) is 5.11 Å². The van der Waals surface area contributed by atoms with Crippen molar-refractivity contribution in [2.75, 3.05) is 18.5 Å². The monoisotopic (exact) mass is 356 g/mol. The minimum atomic E-state index is -0.244. The zero-order chi connectivity index (χ0) is 18.4. The number of nitrogens with zero attached hydrogens (tertiary/aromatic N) is 1. The van der Waals surface area contributed by atoms with Crippen LogP contribution in [0.2, 0.25) is 0 Å². The maximum atomic E-state index is 13.1. The van der Waals surface area contributed by atoms with Gasteiger partial charge in [0.2, 0.25) is 5.91 Å². The number of benzene rings is 2. The Morgan fingerprint density at radius 3 is 2.46 bits per heavy atom. The van der Waals surface area contributed by atoms with Crippen LogP contribution >= 0.6 is 0 Å². The zero-order valence-corrected chi connectivity index (χ0v) is 14.8. The fourth-order valence-electron chi connectivity index (χ4n) is 3.41. The molecule has 1 heterocycles. The van der Waals surface area contributed by atoms with Gasteiger partial charge in [-0.2, -0.15) is 0 Å². The standard InChI is InChI=1S/C21H25FN2O2/c22-18-8-4-17(5-9-18)15-24-13-2-1-3-20(24)21(26)23-19-10-6-16(7-11-19)12-14-25/h4-11,20,25H,1-3,12-15H2,(H,23,26)/t20-/m0/s1. The van der Waals surface area contributed by atoms with E-state index >= 15 is 0 Å². The summed E-state index contributed by atoms with van der Waals surface area (Å²) >= 11 is 0. The minimum absolute atomic E-state index is 0.00159. The minimum Gasteiger partial charge on any atom is -0.396 e. The maximum Gasteiger partial charge on any atom is 0.241 e. The molecule has 0 aromatic heterocycles. The molecule has 1 aliphatic rings. The van der Waals surface area contributed by atoms with Crippen LogP contribution in [0.1, 0.15) is 30.4 Å². The largest absolute Gasteiger partial charge is 0.396 e. The molecule has 0 spiro atoms. The smallest absolute Gasteiger partial charge is 0.241 e. The average molecular weight is 356 g/mol. The van der Waals surface area contributed by atoms with Crippen molar-refractivity contribution >= 4 is 11.6 Å². The van der Waals surface area contributed by atoms with Gasteiger partial charge in [-0.15, -0.1) is 0 Å². The third-order valence-electron chi connectivity index (χ3n) is 4.84. The lowest BCUT2D eigenvalue weighted by molar-refractivity contribution is -0.122. The van der Waals surface area contributed by atoms with E-state index in [1.807, 2.05) is 24.3 Å². The van der Waals surface area contributed by atoms with E-state index in [1.54, 1.807) is 12.1 Å². The molecule has 3 rings (SSSR count). The Kier molecular flexibility index (Phi) is 6.36. The van der Waals surface area contributed by atoms with Crippen molar-refractivity contribution in [3.05, 3.63) is 65.5 Å². The number of piperidine rings is 1. The molecule has 2 aromatic rings. The average Bonchev–Trinajstić information content (AvgIpc) is 2.66. The predicted octanol–water partition coefficient (Wildman–Crippen LogP) is 3.35. The van der Waals surface area contributed by atoms with Gasteiger partial charge in [0, 0.05) is 18.8 Å². The Bertz CT molecular complexity index is 716. The van der Waals surface area contributed by atoms with Gasteiger partial charge in [0.05, 0.1) is 6.04 Å². The number of hydrogen-bond donors (Lipinski definition) is 2. The van der Waals surface area contributed by atoms with Crippen molar-refractivity contribution < 1.29 is 14.3 Å². The molecule has 1 atom stereocenters. The van der Waals surface area contributed by atoms with Crippen LogP contribution in [0.4, 0.5) is 10.1 Å². The lowest BCUT2D eigenvalue weighted by Crippen LogP contribution is -2.46. The molecule has 0 saturated carbocycles. The normalized spacial score (nSPS) is 17.8. The molecule has 26 heavy (non-hydrogen) atoms. The number of aliphatic hydroxyl groups excluding tert-OH is 1. The van der Waals surface area contributed by atoms with Crippen LogP contribution in [0.25, 0.3) is 0 Å². The summed E-state index contributed by atoms with van der Waals surface area (Å²) in [7, 11) is 0. The Morgan fingerprint density at radius 1 is 1.08 bits per heavy atom. The highest BCUT2D eigenvalue weighted by Crippen LogP contribution is 2.21. The van der Waals surface area contributed by atoms with Crippen LogP contribution in [0.5, 0.6) is 0 Å². The first-order chi connectivity index (χ1) is 12.7. The third-order valence-corrected chi connectivity index (χ3v) is 4.84. The number of likely N-dealkylation sites (tertiary alicyclic amines) is 1. The molecule has 5 heteroatoms. The number of amides is 1. The molecule has 0 unspecified atom stereocenters. The summed E-state index contributed by atoms with van der Waals surface area (Å²) in [5.41, 5.74) is 2.82. The summed E-state index contributed by atoms with van der Waals surface area (Å²) in [4.78, 5) is 15.0. The molecule has 138 valence electrons. The first-order valence-corrected chi connectivity index (χ1v) is 9.15. The molecule has 0 radical (unpaired) electrons. The van der Waals surface area contributed by atoms with Gasteiger partial charge in [-0.25, -0.2) is 4.39 Å². The summed E-state index contributed by atoms with van der Waals surface area (Å²) in [6.07, 6.45) is 3.55. The Balaban J connectivity index is 1.64. The van der Waals surface area contributed by atoms with E-state index < -0.39 is 0 Å². The molecular weight excluding hydrogens is 331 g/mol. The highest BCUT2D eigenvalue weighted by atomic mass is 19.1. The molecule has 0 aliphatic carbocycles. The number of rotatable bonds is 6. The van der Waals surface area contributed by atoms with Crippen molar-refractivity contribution in [2.45, 2.75) is 38.3 Å². The van der Waals surface area contributed by atoms with Crippen LogP contribution in [0.3, 0.4) is 0 Å². The molecule has 4 nitrogen and oxygen atoms in total. The van der Waals surface area contributed by atoms with Gasteiger partial charge >= 0.3 is 0 Å². The molecule has 1 saturated heterocycles. The van der Waals surface area contributed by atoms with Crippen LogP contribution in [-0.2, 0) is 17.8 Å². The molecule has 0 bridgehead atoms. The summed E-state index contributed by atoms with van der Waals surface area (Å²) in [5, 5.41) is 12.0. The maximum absolute atomic E-state index is 13.1. The number of carbonyl (C=O) groups is 1. The molecule has 2 aromatic carbocycles. The third kappa shape index (κ3) is 4.90. The van der Waals surface area contributed by atoms with Crippen LogP contribution in [-0.4, -0.2) is 35.1 Å². The Morgan fingerprint density at radius 2 is 1.77 bits per heavy atom. The SMILES string of the molecule is O=C(Nc1ccc(CCO)cc1)[C@@H]1CCCCN1Cc1ccc(F)cc1. The first-order valence-electron chi connectivity index (χ1n) is 9.15. The molecule has 1 fully saturated rings. The lowest BCUT2D eigenvalue weighted by atomic mass is 10.00. The fourth-order valence-corrected chi connectivity index (χ4v) is 3.41. The predicted molar refractivity (Wildman–Crippen MR) is 100 cm³/mol. The topological polar surface area (TPSA) is 52.6 Å². The summed E-state index contributed by atoms with van der Waals surface area (Å²) in [6.45, 7) is 1.63. The number of carbonyl (C=O) groups excluding carboxylic acids is 1. The quantitative estimate of drug-likeness (QED) is 0.835. The number of halogens is 1. The molecular formula is C21H25FN2O2. The summed E-state index contributed by atoms with van der Waals surface area (Å²) < 4.78 is 13.1. The summed E-state index contributed by atoms with van der Waals surface area (Å²) in [5.74, 6) is -0.243. The van der Waals surface area contributed by atoms with Crippen LogP contribution in [0, 0.1) is 5.82 Å². The number of hydrogen-bond acceptors (Lipinski definition) is 3. The van der Waals surface area contributed by atoms with Crippen molar-refractivity contribution in [2.24, 2.45) is 0 Å². The van der Waals surface area contributed by atoms with Crippen molar-refractivity contribution in [1.29, 1.82) is 0 Å². The Labute approximate surface area is 153 Å². The second kappa shape index (κ2) is 8.92. The van der Waals surface area contributed by atoms with Gasteiger partial charge in [-0.05, 0) is 61.2 Å².